The van der Waals surface area contributed by atoms with Crippen LogP contribution in [0.1, 0.15) is 12.8 Å². The Morgan fingerprint density at radius 2 is 1.95 bits per heavy atom. The zero-order valence-corrected chi connectivity index (χ0v) is 12.0. The summed E-state index contributed by atoms with van der Waals surface area (Å²) in [5.41, 5.74) is 1.05. The van der Waals surface area contributed by atoms with Gasteiger partial charge in [-0.05, 0) is 18.8 Å². The Labute approximate surface area is 119 Å². The van der Waals surface area contributed by atoms with Crippen LogP contribution in [0.4, 0.5) is 11.6 Å². The highest BCUT2D eigenvalue weighted by molar-refractivity contribution is 5.61. The number of anilines is 2. The summed E-state index contributed by atoms with van der Waals surface area (Å²) in [5, 5.41) is 3.12. The third kappa shape index (κ3) is 2.90. The van der Waals surface area contributed by atoms with Gasteiger partial charge < -0.3 is 10.2 Å². The van der Waals surface area contributed by atoms with E-state index in [1.165, 1.54) is 12.8 Å². The van der Waals surface area contributed by atoms with Crippen molar-refractivity contribution in [3.8, 4) is 11.4 Å². The summed E-state index contributed by atoms with van der Waals surface area (Å²) < 4.78 is 0. The molecule has 1 fully saturated rings. The highest BCUT2D eigenvalue weighted by Gasteiger charge is 2.23. The van der Waals surface area contributed by atoms with Crippen LogP contribution in [0, 0.1) is 5.92 Å². The first-order valence-electron chi connectivity index (χ1n) is 7.09. The number of hydrogen-bond donors (Lipinski definition) is 1. The molecular weight excluding hydrogens is 248 g/mol. The van der Waals surface area contributed by atoms with Crippen LogP contribution in [0.5, 0.6) is 0 Å². The number of nitrogens with one attached hydrogen (secondary N) is 1. The van der Waals surface area contributed by atoms with Crippen molar-refractivity contribution < 1.29 is 0 Å². The molecule has 1 aliphatic carbocycles. The highest BCUT2D eigenvalue weighted by atomic mass is 15.2. The van der Waals surface area contributed by atoms with Crippen molar-refractivity contribution in [1.29, 1.82) is 0 Å². The zero-order valence-electron chi connectivity index (χ0n) is 12.0. The Balaban J connectivity index is 1.93. The predicted octanol–water partition coefficient (Wildman–Crippen LogP) is 3.03. The lowest BCUT2D eigenvalue weighted by Crippen LogP contribution is -2.21. The summed E-state index contributed by atoms with van der Waals surface area (Å²) in [4.78, 5) is 11.5. The van der Waals surface area contributed by atoms with Crippen molar-refractivity contribution in [3.05, 3.63) is 36.4 Å². The molecule has 1 heterocycles. The third-order valence-corrected chi connectivity index (χ3v) is 3.62. The van der Waals surface area contributed by atoms with Gasteiger partial charge in [-0.15, -0.1) is 0 Å². The minimum absolute atomic E-state index is 0.773. The maximum Gasteiger partial charge on any atom is 0.163 e. The van der Waals surface area contributed by atoms with E-state index in [1.54, 1.807) is 0 Å². The smallest absolute Gasteiger partial charge is 0.163 e. The predicted molar refractivity (Wildman–Crippen MR) is 83.0 cm³/mol. The Morgan fingerprint density at radius 1 is 1.20 bits per heavy atom. The second kappa shape index (κ2) is 5.49. The molecule has 2 aromatic rings. The molecule has 0 bridgehead atoms. The van der Waals surface area contributed by atoms with Crippen molar-refractivity contribution in [2.75, 3.05) is 30.9 Å². The van der Waals surface area contributed by atoms with E-state index in [-0.39, 0.29) is 0 Å². The van der Waals surface area contributed by atoms with Crippen molar-refractivity contribution in [3.63, 3.8) is 0 Å². The fraction of sp³-hybridized carbons (Fsp3) is 0.375. The molecule has 1 aliphatic rings. The van der Waals surface area contributed by atoms with E-state index in [1.807, 2.05) is 43.4 Å². The van der Waals surface area contributed by atoms with Crippen molar-refractivity contribution >= 4 is 11.6 Å². The molecule has 1 aromatic carbocycles. The van der Waals surface area contributed by atoms with Gasteiger partial charge in [-0.3, -0.25) is 0 Å². The average molecular weight is 268 g/mol. The molecule has 1 saturated carbocycles. The fourth-order valence-corrected chi connectivity index (χ4v) is 2.26. The number of benzene rings is 1. The fourth-order valence-electron chi connectivity index (χ4n) is 2.26. The van der Waals surface area contributed by atoms with Gasteiger partial charge in [0.15, 0.2) is 5.82 Å². The van der Waals surface area contributed by atoms with Gasteiger partial charge in [0, 0.05) is 32.3 Å². The molecule has 0 saturated heterocycles. The van der Waals surface area contributed by atoms with Crippen LogP contribution in [0.25, 0.3) is 11.4 Å². The molecule has 4 nitrogen and oxygen atoms in total. The lowest BCUT2D eigenvalue weighted by atomic mass is 10.2. The number of rotatable bonds is 5. The minimum Gasteiger partial charge on any atom is -0.373 e. The Kier molecular flexibility index (Phi) is 3.54. The largest absolute Gasteiger partial charge is 0.373 e. The molecule has 104 valence electrons. The van der Waals surface area contributed by atoms with Crippen LogP contribution >= 0.6 is 0 Å². The maximum atomic E-state index is 4.71. The van der Waals surface area contributed by atoms with E-state index in [0.717, 1.165) is 35.5 Å². The molecule has 1 N–H and O–H groups in total. The van der Waals surface area contributed by atoms with E-state index < -0.39 is 0 Å². The zero-order chi connectivity index (χ0) is 13.9. The monoisotopic (exact) mass is 268 g/mol. The molecule has 0 aliphatic heterocycles. The molecular formula is C16H20N4. The number of aromatic nitrogens is 2. The maximum absolute atomic E-state index is 4.71. The lowest BCUT2D eigenvalue weighted by molar-refractivity contribution is 0.776. The summed E-state index contributed by atoms with van der Waals surface area (Å²) in [6.45, 7) is 1.08. The van der Waals surface area contributed by atoms with Crippen LogP contribution in [0.3, 0.4) is 0 Å². The van der Waals surface area contributed by atoms with Crippen molar-refractivity contribution in [2.45, 2.75) is 12.8 Å². The quantitative estimate of drug-likeness (QED) is 0.905. The van der Waals surface area contributed by atoms with E-state index in [9.17, 15) is 0 Å². The summed E-state index contributed by atoms with van der Waals surface area (Å²) in [7, 11) is 4.00. The van der Waals surface area contributed by atoms with Crippen LogP contribution in [-0.4, -0.2) is 30.6 Å². The molecule has 3 rings (SSSR count). The van der Waals surface area contributed by atoms with Gasteiger partial charge in [-0.2, -0.15) is 0 Å². The average Bonchev–Trinajstić information content (AvgIpc) is 3.31. The van der Waals surface area contributed by atoms with Gasteiger partial charge >= 0.3 is 0 Å². The van der Waals surface area contributed by atoms with Gasteiger partial charge in [0.2, 0.25) is 0 Å². The second-order valence-corrected chi connectivity index (χ2v) is 5.37. The van der Waals surface area contributed by atoms with Crippen LogP contribution in [0.2, 0.25) is 0 Å². The van der Waals surface area contributed by atoms with Gasteiger partial charge in [-0.25, -0.2) is 9.97 Å². The summed E-state index contributed by atoms with van der Waals surface area (Å²) >= 11 is 0. The Hall–Kier alpha value is -2.10. The van der Waals surface area contributed by atoms with Gasteiger partial charge in [0.1, 0.15) is 11.6 Å². The molecule has 0 atom stereocenters. The minimum atomic E-state index is 0.773. The van der Waals surface area contributed by atoms with Gasteiger partial charge in [-0.1, -0.05) is 30.3 Å². The van der Waals surface area contributed by atoms with Gasteiger partial charge in [0.25, 0.3) is 0 Å². The summed E-state index contributed by atoms with van der Waals surface area (Å²) in [6, 6.07) is 12.1. The van der Waals surface area contributed by atoms with Gasteiger partial charge in [0.05, 0.1) is 0 Å². The van der Waals surface area contributed by atoms with E-state index in [4.69, 9.17) is 4.98 Å². The second-order valence-electron chi connectivity index (χ2n) is 5.37. The summed E-state index contributed by atoms with van der Waals surface area (Å²) in [5.74, 6) is 3.45. The van der Waals surface area contributed by atoms with E-state index in [0.29, 0.717) is 0 Å². The highest BCUT2D eigenvalue weighted by Crippen LogP contribution is 2.31. The molecule has 0 spiro atoms. The molecule has 4 heteroatoms. The number of nitrogens with zero attached hydrogens (tertiary/aromatic N) is 3. The first-order valence-corrected chi connectivity index (χ1v) is 7.09. The standard InChI is InChI=1S/C16H20N4/c1-17-14-10-15(20(2)11-12-8-9-12)19-16(18-14)13-6-4-3-5-7-13/h3-7,10,12H,8-9,11H2,1-2H3,(H,17,18,19). The van der Waals surface area contributed by atoms with Crippen molar-refractivity contribution in [2.24, 2.45) is 5.92 Å². The Bertz CT molecular complexity index is 578. The first kappa shape index (κ1) is 12.9. The van der Waals surface area contributed by atoms with Crippen LogP contribution in [-0.2, 0) is 0 Å². The van der Waals surface area contributed by atoms with Crippen LogP contribution in [0.15, 0.2) is 36.4 Å². The van der Waals surface area contributed by atoms with E-state index in [2.05, 4.69) is 22.2 Å². The molecule has 20 heavy (non-hydrogen) atoms. The molecule has 0 radical (unpaired) electrons. The normalized spacial score (nSPS) is 14.1. The third-order valence-electron chi connectivity index (χ3n) is 3.62. The molecule has 1 aromatic heterocycles. The first-order chi connectivity index (χ1) is 9.76. The summed E-state index contributed by atoms with van der Waals surface area (Å²) in [6.07, 6.45) is 2.69. The van der Waals surface area contributed by atoms with Crippen molar-refractivity contribution in [1.82, 2.24) is 9.97 Å². The number of hydrogen-bond acceptors (Lipinski definition) is 4. The topological polar surface area (TPSA) is 41.0 Å². The molecule has 0 unspecified atom stereocenters. The Morgan fingerprint density at radius 3 is 2.60 bits per heavy atom. The lowest BCUT2D eigenvalue weighted by Gasteiger charge is -2.19. The van der Waals surface area contributed by atoms with E-state index >= 15 is 0 Å². The van der Waals surface area contributed by atoms with Crippen LogP contribution < -0.4 is 10.2 Å². The molecule has 0 amide bonds. The SMILES string of the molecule is CNc1cc(N(C)CC2CC2)nc(-c2ccccc2)n1.